The number of anilines is 1. The van der Waals surface area contributed by atoms with Crippen LogP contribution in [0.1, 0.15) is 43.4 Å². The van der Waals surface area contributed by atoms with Gasteiger partial charge in [-0.2, -0.15) is 0 Å². The molecule has 2 rings (SSSR count). The van der Waals surface area contributed by atoms with Crippen molar-refractivity contribution in [3.05, 3.63) is 23.5 Å². The van der Waals surface area contributed by atoms with Gasteiger partial charge in [0, 0.05) is 26.2 Å². The molecule has 1 aliphatic rings. The zero-order valence-corrected chi connectivity index (χ0v) is 14.3. The highest BCUT2D eigenvalue weighted by atomic mass is 19.3. The third-order valence-corrected chi connectivity index (χ3v) is 3.60. The van der Waals surface area contributed by atoms with Crippen molar-refractivity contribution >= 4 is 17.7 Å². The van der Waals surface area contributed by atoms with Gasteiger partial charge in [-0.25, -0.2) is 23.4 Å². The average Bonchev–Trinajstić information content (AvgIpc) is 2.52. The van der Waals surface area contributed by atoms with E-state index < -0.39 is 35.5 Å². The molecular formula is C16H21F2N3O4. The second-order valence-corrected chi connectivity index (χ2v) is 6.66. The molecule has 0 atom stereocenters. The quantitative estimate of drug-likeness (QED) is 0.896. The zero-order chi connectivity index (χ0) is 18.8. The number of hydrogen-bond acceptors (Lipinski definition) is 5. The number of rotatable bonds is 3. The fourth-order valence-corrected chi connectivity index (χ4v) is 2.47. The number of carbonyl (C=O) groups is 2. The Bertz CT molecular complexity index is 653. The molecule has 0 spiro atoms. The first kappa shape index (κ1) is 18.9. The van der Waals surface area contributed by atoms with Gasteiger partial charge in [0.1, 0.15) is 17.0 Å². The molecule has 0 aromatic carbocycles. The number of aromatic carboxylic acids is 1. The van der Waals surface area contributed by atoms with Gasteiger partial charge in [0.15, 0.2) is 0 Å². The number of carboxylic acids is 1. The number of ether oxygens (including phenoxy) is 1. The molecule has 0 unspecified atom stereocenters. The predicted molar refractivity (Wildman–Crippen MR) is 86.2 cm³/mol. The lowest BCUT2D eigenvalue weighted by atomic mass is 10.2. The predicted octanol–water partition coefficient (Wildman–Crippen LogP) is 2.77. The number of aromatic nitrogens is 1. The molecule has 1 aromatic rings. The third kappa shape index (κ3) is 4.77. The first-order chi connectivity index (χ1) is 11.6. The third-order valence-electron chi connectivity index (χ3n) is 3.60. The van der Waals surface area contributed by atoms with Crippen molar-refractivity contribution in [1.82, 2.24) is 9.88 Å². The van der Waals surface area contributed by atoms with E-state index in [2.05, 4.69) is 4.98 Å². The summed E-state index contributed by atoms with van der Waals surface area (Å²) in [5.41, 5.74) is -1.41. The Balaban J connectivity index is 2.10. The molecule has 0 radical (unpaired) electrons. The van der Waals surface area contributed by atoms with Gasteiger partial charge < -0.3 is 19.6 Å². The fourth-order valence-electron chi connectivity index (χ4n) is 2.47. The van der Waals surface area contributed by atoms with E-state index in [1.165, 1.54) is 17.0 Å². The topological polar surface area (TPSA) is 83.0 Å². The maximum Gasteiger partial charge on any atom is 0.410 e. The van der Waals surface area contributed by atoms with Gasteiger partial charge in [-0.1, -0.05) is 0 Å². The Labute approximate surface area is 144 Å². The van der Waals surface area contributed by atoms with Crippen LogP contribution >= 0.6 is 0 Å². The van der Waals surface area contributed by atoms with Crippen molar-refractivity contribution in [2.75, 3.05) is 31.1 Å². The van der Waals surface area contributed by atoms with Gasteiger partial charge >= 0.3 is 12.1 Å². The standard InChI is InChI=1S/C16H21F2N3O4/c1-16(2,3)25-15(24)21-8-6-20(7-9-21)11-5-4-10(14(22)23)19-12(11)13(17)18/h4-5,13H,6-9H2,1-3H3,(H,22,23). The number of amides is 1. The molecule has 1 N–H and O–H groups in total. The fraction of sp³-hybridized carbons (Fsp3) is 0.562. The van der Waals surface area contributed by atoms with E-state index in [0.717, 1.165) is 0 Å². The van der Waals surface area contributed by atoms with Crippen LogP contribution in [0, 0.1) is 0 Å². The molecule has 1 saturated heterocycles. The summed E-state index contributed by atoms with van der Waals surface area (Å²) in [4.78, 5) is 29.7. The van der Waals surface area contributed by atoms with E-state index in [0.29, 0.717) is 26.2 Å². The number of alkyl halides is 2. The van der Waals surface area contributed by atoms with E-state index >= 15 is 0 Å². The molecule has 0 bridgehead atoms. The van der Waals surface area contributed by atoms with Gasteiger partial charge in [-0.3, -0.25) is 0 Å². The average molecular weight is 357 g/mol. The van der Waals surface area contributed by atoms with Gasteiger partial charge in [0.05, 0.1) is 5.69 Å². The molecule has 1 amide bonds. The lowest BCUT2D eigenvalue weighted by molar-refractivity contribution is 0.0239. The molecule has 1 aromatic heterocycles. The summed E-state index contributed by atoms with van der Waals surface area (Å²) in [6.07, 6.45) is -3.33. The van der Waals surface area contributed by atoms with E-state index in [1.54, 1.807) is 25.7 Å². The van der Waals surface area contributed by atoms with Crippen molar-refractivity contribution in [3.63, 3.8) is 0 Å². The summed E-state index contributed by atoms with van der Waals surface area (Å²) in [6.45, 7) is 6.60. The zero-order valence-electron chi connectivity index (χ0n) is 14.3. The van der Waals surface area contributed by atoms with E-state index in [1.807, 2.05) is 0 Å². The lowest BCUT2D eigenvalue weighted by Crippen LogP contribution is -2.50. The summed E-state index contributed by atoms with van der Waals surface area (Å²) >= 11 is 0. The Morgan fingerprint density at radius 1 is 1.20 bits per heavy atom. The molecular weight excluding hydrogens is 336 g/mol. The van der Waals surface area contributed by atoms with Crippen LogP contribution in [0.3, 0.4) is 0 Å². The SMILES string of the molecule is CC(C)(C)OC(=O)N1CCN(c2ccc(C(=O)O)nc2C(F)F)CC1. The van der Waals surface area contributed by atoms with E-state index in [9.17, 15) is 18.4 Å². The normalized spacial score (nSPS) is 15.4. The van der Waals surface area contributed by atoms with Gasteiger partial charge in [-0.15, -0.1) is 0 Å². The maximum absolute atomic E-state index is 13.2. The van der Waals surface area contributed by atoms with Crippen molar-refractivity contribution in [3.8, 4) is 0 Å². The van der Waals surface area contributed by atoms with Crippen molar-refractivity contribution < 1.29 is 28.2 Å². The molecule has 25 heavy (non-hydrogen) atoms. The van der Waals surface area contributed by atoms with E-state index in [4.69, 9.17) is 9.84 Å². The largest absolute Gasteiger partial charge is 0.477 e. The summed E-state index contributed by atoms with van der Waals surface area (Å²) in [5, 5.41) is 8.90. The number of piperazine rings is 1. The highest BCUT2D eigenvalue weighted by Crippen LogP contribution is 2.29. The molecule has 1 aliphatic heterocycles. The van der Waals surface area contributed by atoms with Gasteiger partial charge in [0.25, 0.3) is 6.43 Å². The van der Waals surface area contributed by atoms with Crippen molar-refractivity contribution in [2.45, 2.75) is 32.8 Å². The second kappa shape index (κ2) is 7.20. The number of carboxylic acid groups (broad SMARTS) is 1. The lowest BCUT2D eigenvalue weighted by Gasteiger charge is -2.37. The first-order valence-electron chi connectivity index (χ1n) is 7.84. The summed E-state index contributed by atoms with van der Waals surface area (Å²) in [7, 11) is 0. The van der Waals surface area contributed by atoms with E-state index in [-0.39, 0.29) is 5.69 Å². The van der Waals surface area contributed by atoms with Crippen LogP contribution in [0.15, 0.2) is 12.1 Å². The highest BCUT2D eigenvalue weighted by molar-refractivity contribution is 5.85. The minimum absolute atomic E-state index is 0.184. The Morgan fingerprint density at radius 2 is 1.80 bits per heavy atom. The molecule has 7 nitrogen and oxygen atoms in total. The van der Waals surface area contributed by atoms with Gasteiger partial charge in [0.2, 0.25) is 0 Å². The van der Waals surface area contributed by atoms with Gasteiger partial charge in [-0.05, 0) is 32.9 Å². The number of nitrogens with zero attached hydrogens (tertiary/aromatic N) is 3. The summed E-state index contributed by atoms with van der Waals surface area (Å²) < 4.78 is 31.8. The summed E-state index contributed by atoms with van der Waals surface area (Å²) in [5.74, 6) is -1.36. The van der Waals surface area contributed by atoms with Crippen LogP contribution < -0.4 is 4.90 Å². The van der Waals surface area contributed by atoms with Crippen LogP contribution in [-0.2, 0) is 4.74 Å². The van der Waals surface area contributed by atoms with Crippen molar-refractivity contribution in [1.29, 1.82) is 0 Å². The van der Waals surface area contributed by atoms with Crippen LogP contribution in [0.25, 0.3) is 0 Å². The molecule has 0 saturated carbocycles. The highest BCUT2D eigenvalue weighted by Gasteiger charge is 2.28. The number of hydrogen-bond donors (Lipinski definition) is 1. The number of carbonyl (C=O) groups excluding carboxylic acids is 1. The van der Waals surface area contributed by atoms with Crippen molar-refractivity contribution in [2.24, 2.45) is 0 Å². The minimum atomic E-state index is -2.89. The van der Waals surface area contributed by atoms with Crippen LogP contribution in [0.4, 0.5) is 19.3 Å². The number of pyridine rings is 1. The molecule has 0 aliphatic carbocycles. The molecule has 2 heterocycles. The Kier molecular flexibility index (Phi) is 5.44. The Hall–Kier alpha value is -2.45. The Morgan fingerprint density at radius 3 is 2.28 bits per heavy atom. The van der Waals surface area contributed by atoms with Crippen LogP contribution in [0.5, 0.6) is 0 Å². The maximum atomic E-state index is 13.2. The summed E-state index contributed by atoms with van der Waals surface area (Å²) in [6, 6.07) is 2.53. The molecule has 9 heteroatoms. The van der Waals surface area contributed by atoms with Crippen LogP contribution in [-0.4, -0.2) is 58.8 Å². The smallest absolute Gasteiger partial charge is 0.410 e. The first-order valence-corrected chi connectivity index (χ1v) is 7.84. The van der Waals surface area contributed by atoms with Crippen LogP contribution in [0.2, 0.25) is 0 Å². The number of halogens is 2. The second-order valence-electron chi connectivity index (χ2n) is 6.66. The monoisotopic (exact) mass is 357 g/mol. The molecule has 138 valence electrons. The minimum Gasteiger partial charge on any atom is -0.477 e. The molecule has 1 fully saturated rings.